The van der Waals surface area contributed by atoms with Crippen LogP contribution in [0.2, 0.25) is 18.1 Å². The van der Waals surface area contributed by atoms with E-state index in [9.17, 15) is 9.59 Å². The van der Waals surface area contributed by atoms with Crippen LogP contribution in [0.3, 0.4) is 0 Å². The lowest BCUT2D eigenvalue weighted by Crippen LogP contribution is -2.51. The SMILES string of the molecule is CCC1(CC(=O)OC)OCc2c1cc1n(c2=O)Cc2c-1nc1ccccc1c2[Si](C)(C)C(C)(C)C. The number of methoxy groups -OCH3 is 1. The van der Waals surface area contributed by atoms with Gasteiger partial charge in [-0.15, -0.1) is 0 Å². The van der Waals surface area contributed by atoms with Crippen molar-refractivity contribution < 1.29 is 14.3 Å². The Morgan fingerprint density at radius 1 is 1.23 bits per heavy atom. The number of benzene rings is 1. The van der Waals surface area contributed by atoms with Crippen LogP contribution in [0.4, 0.5) is 0 Å². The Morgan fingerprint density at radius 2 is 1.94 bits per heavy atom. The van der Waals surface area contributed by atoms with Gasteiger partial charge < -0.3 is 14.0 Å². The molecule has 3 aromatic rings. The molecule has 0 radical (unpaired) electrons. The van der Waals surface area contributed by atoms with Crippen molar-refractivity contribution in [3.05, 3.63) is 57.4 Å². The van der Waals surface area contributed by atoms with E-state index >= 15 is 0 Å². The number of carbonyl (C=O) groups is 1. The van der Waals surface area contributed by atoms with E-state index in [1.54, 1.807) is 0 Å². The van der Waals surface area contributed by atoms with E-state index in [0.717, 1.165) is 22.5 Å². The third-order valence-corrected chi connectivity index (χ3v) is 14.2. The molecule has 1 unspecified atom stereocenters. The second kappa shape index (κ2) is 7.87. The van der Waals surface area contributed by atoms with Gasteiger partial charge in [0.25, 0.3) is 5.56 Å². The number of nitrogens with zero attached hydrogens (tertiary/aromatic N) is 2. The molecule has 35 heavy (non-hydrogen) atoms. The highest BCUT2D eigenvalue weighted by Gasteiger charge is 2.46. The van der Waals surface area contributed by atoms with Gasteiger partial charge in [-0.05, 0) is 45.3 Å². The van der Waals surface area contributed by atoms with Crippen molar-refractivity contribution in [2.75, 3.05) is 7.11 Å². The number of esters is 1. The number of ether oxygens (including phenoxy) is 2. The zero-order chi connectivity index (χ0) is 25.3. The Balaban J connectivity index is 1.80. The van der Waals surface area contributed by atoms with Crippen molar-refractivity contribution in [3.8, 4) is 11.4 Å². The predicted octanol–water partition coefficient (Wildman–Crippen LogP) is 4.84. The molecule has 0 bridgehead atoms. The van der Waals surface area contributed by atoms with Crippen LogP contribution in [0.15, 0.2) is 35.1 Å². The monoisotopic (exact) mass is 490 g/mol. The average molecular weight is 491 g/mol. The Hall–Kier alpha value is -2.77. The van der Waals surface area contributed by atoms with Crippen LogP contribution in [-0.2, 0) is 33.0 Å². The largest absolute Gasteiger partial charge is 0.469 e. The molecule has 0 fully saturated rings. The summed E-state index contributed by atoms with van der Waals surface area (Å²) in [6, 6.07) is 10.4. The lowest BCUT2D eigenvalue weighted by molar-refractivity contribution is -0.149. The van der Waals surface area contributed by atoms with Crippen molar-refractivity contribution in [3.63, 3.8) is 0 Å². The molecule has 0 spiro atoms. The molecule has 0 N–H and O–H groups in total. The van der Waals surface area contributed by atoms with E-state index in [4.69, 9.17) is 14.5 Å². The molecule has 0 amide bonds. The van der Waals surface area contributed by atoms with Crippen molar-refractivity contribution in [2.24, 2.45) is 0 Å². The van der Waals surface area contributed by atoms with Gasteiger partial charge >= 0.3 is 5.97 Å². The molecule has 0 aliphatic carbocycles. The number of rotatable bonds is 4. The van der Waals surface area contributed by atoms with Crippen LogP contribution in [-0.4, -0.2) is 30.7 Å². The quantitative estimate of drug-likeness (QED) is 0.302. The van der Waals surface area contributed by atoms with Gasteiger partial charge in [0.2, 0.25) is 0 Å². The fourth-order valence-corrected chi connectivity index (χ4v) is 8.20. The minimum absolute atomic E-state index is 0.0408. The summed E-state index contributed by atoms with van der Waals surface area (Å²) < 4.78 is 13.0. The minimum Gasteiger partial charge on any atom is -0.469 e. The van der Waals surface area contributed by atoms with Crippen molar-refractivity contribution in [1.29, 1.82) is 0 Å². The Morgan fingerprint density at radius 3 is 2.60 bits per heavy atom. The van der Waals surface area contributed by atoms with E-state index in [1.807, 2.05) is 17.6 Å². The summed E-state index contributed by atoms with van der Waals surface area (Å²) in [6.07, 6.45) is 0.661. The first kappa shape index (κ1) is 23.9. The summed E-state index contributed by atoms with van der Waals surface area (Å²) in [5, 5.41) is 2.71. The highest BCUT2D eigenvalue weighted by molar-refractivity contribution is 6.94. The van der Waals surface area contributed by atoms with E-state index in [2.05, 4.69) is 58.1 Å². The van der Waals surface area contributed by atoms with E-state index in [0.29, 0.717) is 18.5 Å². The lowest BCUT2D eigenvalue weighted by atomic mass is 9.87. The molecular weight excluding hydrogens is 456 g/mol. The van der Waals surface area contributed by atoms with E-state index < -0.39 is 13.7 Å². The molecule has 5 rings (SSSR count). The zero-order valence-corrected chi connectivity index (χ0v) is 22.7. The van der Waals surface area contributed by atoms with Crippen LogP contribution in [0.25, 0.3) is 22.3 Å². The highest BCUT2D eigenvalue weighted by Crippen LogP contribution is 2.45. The first-order valence-corrected chi connectivity index (χ1v) is 15.4. The minimum atomic E-state index is -1.98. The normalized spacial score (nSPS) is 18.9. The number of pyridine rings is 2. The molecule has 1 atom stereocenters. The van der Waals surface area contributed by atoms with Gasteiger partial charge in [0.1, 0.15) is 5.60 Å². The Kier molecular flexibility index (Phi) is 5.38. The summed E-state index contributed by atoms with van der Waals surface area (Å²) in [6.45, 7) is 14.5. The van der Waals surface area contributed by atoms with Crippen molar-refractivity contribution in [1.82, 2.24) is 9.55 Å². The van der Waals surface area contributed by atoms with Crippen LogP contribution >= 0.6 is 0 Å². The molecule has 2 aliphatic heterocycles. The van der Waals surface area contributed by atoms with Crippen LogP contribution in [0.5, 0.6) is 0 Å². The van der Waals surface area contributed by atoms with Gasteiger partial charge in [-0.2, -0.15) is 0 Å². The number of aromatic nitrogens is 2. The second-order valence-corrected chi connectivity index (χ2v) is 16.7. The molecule has 2 aromatic heterocycles. The Bertz CT molecular complexity index is 1430. The van der Waals surface area contributed by atoms with Gasteiger partial charge in [-0.25, -0.2) is 4.98 Å². The molecule has 0 saturated heterocycles. The first-order chi connectivity index (χ1) is 16.4. The third kappa shape index (κ3) is 3.35. The number of fused-ring (bicyclic) bond motifs is 5. The summed E-state index contributed by atoms with van der Waals surface area (Å²) in [7, 11) is -0.602. The van der Waals surface area contributed by atoms with Crippen molar-refractivity contribution >= 4 is 30.1 Å². The summed E-state index contributed by atoms with van der Waals surface area (Å²) in [5.41, 5.74) is 4.40. The van der Waals surface area contributed by atoms with E-state index in [1.165, 1.54) is 23.2 Å². The van der Waals surface area contributed by atoms with Gasteiger partial charge in [0, 0.05) is 5.56 Å². The predicted molar refractivity (Wildman–Crippen MR) is 141 cm³/mol. The van der Waals surface area contributed by atoms with Gasteiger partial charge in [0.15, 0.2) is 0 Å². The maximum atomic E-state index is 13.8. The van der Waals surface area contributed by atoms with Crippen LogP contribution in [0.1, 0.15) is 57.2 Å². The summed E-state index contributed by atoms with van der Waals surface area (Å²) in [5.74, 6) is -0.343. The van der Waals surface area contributed by atoms with Gasteiger partial charge in [0.05, 0.1) is 51.7 Å². The molecule has 7 heteroatoms. The highest BCUT2D eigenvalue weighted by atomic mass is 28.3. The Labute approximate surface area is 207 Å². The first-order valence-electron chi connectivity index (χ1n) is 12.4. The number of hydrogen-bond donors (Lipinski definition) is 0. The smallest absolute Gasteiger partial charge is 0.308 e. The molecule has 1 aromatic carbocycles. The third-order valence-electron chi connectivity index (χ3n) is 8.66. The number of carbonyl (C=O) groups excluding carboxylic acids is 1. The fraction of sp³-hybridized carbons (Fsp3) is 0.464. The molecule has 6 nitrogen and oxygen atoms in total. The second-order valence-electron chi connectivity index (χ2n) is 11.4. The number of hydrogen-bond acceptors (Lipinski definition) is 5. The molecular formula is C28H34N2O4Si. The maximum absolute atomic E-state index is 13.8. The van der Waals surface area contributed by atoms with Gasteiger partial charge in [-0.3, -0.25) is 9.59 Å². The summed E-state index contributed by atoms with van der Waals surface area (Å²) in [4.78, 5) is 31.1. The lowest BCUT2D eigenvalue weighted by Gasteiger charge is -2.39. The van der Waals surface area contributed by atoms with Crippen LogP contribution < -0.4 is 10.7 Å². The fourth-order valence-electron chi connectivity index (χ4n) is 5.61. The molecule has 0 saturated carbocycles. The van der Waals surface area contributed by atoms with Crippen LogP contribution in [0, 0.1) is 0 Å². The van der Waals surface area contributed by atoms with Gasteiger partial charge in [-0.1, -0.05) is 59.0 Å². The molecule has 184 valence electrons. The standard InChI is InChI=1S/C28H34N2O4Si/c1-8-28(14-23(31)33-5)20-13-22-24-18(15-30(22)26(32)19(20)16-34-28)25(35(6,7)27(2,3)4)17-11-9-10-12-21(17)29-24/h9-13H,8,14-16H2,1-7H3. The molecule has 4 heterocycles. The zero-order valence-electron chi connectivity index (χ0n) is 21.7. The van der Waals surface area contributed by atoms with E-state index in [-0.39, 0.29) is 29.6 Å². The maximum Gasteiger partial charge on any atom is 0.308 e. The number of para-hydroxylation sites is 1. The molecule has 2 aliphatic rings. The topological polar surface area (TPSA) is 70.4 Å². The summed E-state index contributed by atoms with van der Waals surface area (Å²) >= 11 is 0. The average Bonchev–Trinajstić information content (AvgIpc) is 3.36. The van der Waals surface area contributed by atoms with Crippen molar-refractivity contribution in [2.45, 2.75) is 77.4 Å².